The third-order valence-electron chi connectivity index (χ3n) is 5.22. The van der Waals surface area contributed by atoms with E-state index in [1.54, 1.807) is 36.7 Å². The molecular weight excluding hydrogens is 407 g/mol. The summed E-state index contributed by atoms with van der Waals surface area (Å²) in [6.45, 7) is 5.96. The normalized spacial score (nSPS) is 12.3. The van der Waals surface area contributed by atoms with E-state index in [1.807, 2.05) is 32.0 Å². The lowest BCUT2D eigenvalue weighted by molar-refractivity contribution is 0.0761. The van der Waals surface area contributed by atoms with E-state index in [1.165, 1.54) is 12.1 Å². The molecule has 7 heteroatoms. The zero-order valence-corrected chi connectivity index (χ0v) is 18.7. The highest BCUT2D eigenvalue weighted by Crippen LogP contribution is 2.25. The molecular formula is C25H27FN4O2. The summed E-state index contributed by atoms with van der Waals surface area (Å²) in [6, 6.07) is 9.95. The smallest absolute Gasteiger partial charge is 0.254 e. The zero-order valence-electron chi connectivity index (χ0n) is 18.7. The molecule has 0 spiro atoms. The predicted molar refractivity (Wildman–Crippen MR) is 122 cm³/mol. The van der Waals surface area contributed by atoms with E-state index in [2.05, 4.69) is 21.9 Å². The van der Waals surface area contributed by atoms with Crippen molar-refractivity contribution in [2.24, 2.45) is 0 Å². The number of aromatic nitrogens is 3. The summed E-state index contributed by atoms with van der Waals surface area (Å²) in [6.07, 6.45) is 7.65. The molecule has 1 aromatic carbocycles. The molecule has 0 saturated heterocycles. The van der Waals surface area contributed by atoms with Crippen LogP contribution in [0.1, 0.15) is 42.6 Å². The van der Waals surface area contributed by atoms with Crippen molar-refractivity contribution in [3.63, 3.8) is 0 Å². The molecule has 2 aromatic heterocycles. The number of amides is 1. The van der Waals surface area contributed by atoms with Crippen LogP contribution < -0.4 is 4.74 Å². The molecule has 6 nitrogen and oxygen atoms in total. The Labute approximate surface area is 187 Å². The van der Waals surface area contributed by atoms with Crippen LogP contribution in [0.5, 0.6) is 5.88 Å². The molecule has 1 amide bonds. The summed E-state index contributed by atoms with van der Waals surface area (Å²) >= 11 is 0. The maximum absolute atomic E-state index is 13.5. The minimum Gasteiger partial charge on any atom is -0.447 e. The van der Waals surface area contributed by atoms with Crippen LogP contribution in [0.25, 0.3) is 11.4 Å². The molecule has 0 N–H and O–H groups in total. The Hall–Kier alpha value is -3.61. The zero-order chi connectivity index (χ0) is 23.1. The SMILES string of the molecule is CCC/C(=C\Oc1ccc(F)cn1)C(C)N(C)C(=O)c1cc(C)ccc1-c1ncccn1. The maximum Gasteiger partial charge on any atom is 0.254 e. The lowest BCUT2D eigenvalue weighted by atomic mass is 9.99. The molecule has 1 unspecified atom stereocenters. The largest absolute Gasteiger partial charge is 0.447 e. The molecule has 1 atom stereocenters. The first-order valence-electron chi connectivity index (χ1n) is 10.5. The van der Waals surface area contributed by atoms with Crippen molar-refractivity contribution < 1.29 is 13.9 Å². The number of carbonyl (C=O) groups excluding carboxylic acids is 1. The molecule has 2 heterocycles. The van der Waals surface area contributed by atoms with Crippen LogP contribution in [-0.2, 0) is 0 Å². The number of rotatable bonds is 8. The first-order valence-corrected chi connectivity index (χ1v) is 10.5. The lowest BCUT2D eigenvalue weighted by Gasteiger charge is -2.28. The summed E-state index contributed by atoms with van der Waals surface area (Å²) in [5.74, 6) is 0.242. The number of aryl methyl sites for hydroxylation is 1. The fraction of sp³-hybridized carbons (Fsp3) is 0.280. The van der Waals surface area contributed by atoms with E-state index in [0.29, 0.717) is 22.8 Å². The van der Waals surface area contributed by atoms with Gasteiger partial charge in [0, 0.05) is 31.1 Å². The number of pyridine rings is 1. The van der Waals surface area contributed by atoms with E-state index in [0.717, 1.165) is 30.2 Å². The first-order chi connectivity index (χ1) is 15.4. The molecule has 0 aliphatic rings. The van der Waals surface area contributed by atoms with E-state index >= 15 is 0 Å². The van der Waals surface area contributed by atoms with Crippen LogP contribution in [0.2, 0.25) is 0 Å². The number of benzene rings is 1. The fourth-order valence-electron chi connectivity index (χ4n) is 3.31. The van der Waals surface area contributed by atoms with Gasteiger partial charge in [0.1, 0.15) is 5.82 Å². The maximum atomic E-state index is 13.5. The van der Waals surface area contributed by atoms with Gasteiger partial charge in [-0.15, -0.1) is 0 Å². The minimum absolute atomic E-state index is 0.134. The third kappa shape index (κ3) is 5.55. The molecule has 0 aliphatic carbocycles. The Morgan fingerprint density at radius 3 is 2.59 bits per heavy atom. The third-order valence-corrected chi connectivity index (χ3v) is 5.22. The van der Waals surface area contributed by atoms with Crippen molar-refractivity contribution in [2.75, 3.05) is 7.05 Å². The van der Waals surface area contributed by atoms with Gasteiger partial charge in [-0.1, -0.05) is 31.0 Å². The monoisotopic (exact) mass is 434 g/mol. The molecule has 3 aromatic rings. The van der Waals surface area contributed by atoms with Crippen molar-refractivity contribution in [3.8, 4) is 17.3 Å². The van der Waals surface area contributed by atoms with Gasteiger partial charge in [-0.2, -0.15) is 0 Å². The standard InChI is InChI=1S/C25H27FN4O2/c1-5-7-19(16-32-23-11-9-20(26)15-29-23)18(3)30(4)25(31)22-14-17(2)8-10-21(22)24-27-12-6-13-28-24/h6,8-16,18H,5,7H2,1-4H3/b19-16+. The number of ether oxygens (including phenoxy) is 1. The van der Waals surface area contributed by atoms with Gasteiger partial charge in [-0.3, -0.25) is 4.79 Å². The Morgan fingerprint density at radius 2 is 1.94 bits per heavy atom. The van der Waals surface area contributed by atoms with E-state index in [4.69, 9.17) is 4.74 Å². The summed E-state index contributed by atoms with van der Waals surface area (Å²) in [5, 5.41) is 0. The van der Waals surface area contributed by atoms with Gasteiger partial charge in [-0.25, -0.2) is 19.3 Å². The van der Waals surface area contributed by atoms with Crippen molar-refractivity contribution in [1.29, 1.82) is 0 Å². The highest BCUT2D eigenvalue weighted by Gasteiger charge is 2.24. The topological polar surface area (TPSA) is 68.2 Å². The number of nitrogens with zero attached hydrogens (tertiary/aromatic N) is 4. The van der Waals surface area contributed by atoms with Crippen LogP contribution in [0, 0.1) is 12.7 Å². The predicted octanol–water partition coefficient (Wildman–Crippen LogP) is 5.21. The second-order valence-electron chi connectivity index (χ2n) is 7.59. The van der Waals surface area contributed by atoms with Gasteiger partial charge in [0.15, 0.2) is 5.82 Å². The van der Waals surface area contributed by atoms with Crippen LogP contribution in [0.3, 0.4) is 0 Å². The van der Waals surface area contributed by atoms with Crippen LogP contribution in [0.15, 0.2) is 66.8 Å². The van der Waals surface area contributed by atoms with Crippen LogP contribution >= 0.6 is 0 Å². The number of hydrogen-bond acceptors (Lipinski definition) is 5. The quantitative estimate of drug-likeness (QED) is 0.455. The van der Waals surface area contributed by atoms with Gasteiger partial charge in [0.25, 0.3) is 5.91 Å². The molecule has 166 valence electrons. The van der Waals surface area contributed by atoms with Gasteiger partial charge >= 0.3 is 0 Å². The number of carbonyl (C=O) groups is 1. The Balaban J connectivity index is 1.87. The highest BCUT2D eigenvalue weighted by atomic mass is 19.1. The molecule has 0 bridgehead atoms. The lowest BCUT2D eigenvalue weighted by Crippen LogP contribution is -2.37. The summed E-state index contributed by atoms with van der Waals surface area (Å²) in [4.78, 5) is 27.7. The molecule has 0 radical (unpaired) electrons. The Bertz CT molecular complexity index is 1080. The first kappa shape index (κ1) is 23.1. The molecule has 0 fully saturated rings. The Morgan fingerprint density at radius 1 is 1.19 bits per heavy atom. The van der Waals surface area contributed by atoms with Gasteiger partial charge in [-0.05, 0) is 44.0 Å². The van der Waals surface area contributed by atoms with E-state index < -0.39 is 5.82 Å². The van der Waals surface area contributed by atoms with Gasteiger partial charge in [0.2, 0.25) is 5.88 Å². The van der Waals surface area contributed by atoms with Gasteiger partial charge < -0.3 is 9.64 Å². The van der Waals surface area contributed by atoms with Crippen molar-refractivity contribution >= 4 is 5.91 Å². The molecule has 0 saturated carbocycles. The molecule has 3 rings (SSSR count). The summed E-state index contributed by atoms with van der Waals surface area (Å²) in [7, 11) is 1.77. The van der Waals surface area contributed by atoms with Crippen molar-refractivity contribution in [1.82, 2.24) is 19.9 Å². The van der Waals surface area contributed by atoms with Crippen molar-refractivity contribution in [2.45, 2.75) is 39.7 Å². The van der Waals surface area contributed by atoms with E-state index in [9.17, 15) is 9.18 Å². The van der Waals surface area contributed by atoms with Crippen LogP contribution in [0.4, 0.5) is 4.39 Å². The average Bonchev–Trinajstić information content (AvgIpc) is 2.82. The number of halogens is 1. The van der Waals surface area contributed by atoms with Crippen molar-refractivity contribution in [3.05, 3.63) is 83.8 Å². The van der Waals surface area contributed by atoms with Gasteiger partial charge in [0.05, 0.1) is 24.1 Å². The molecule has 0 aliphatic heterocycles. The number of hydrogen-bond donors (Lipinski definition) is 0. The van der Waals surface area contributed by atoms with Crippen LogP contribution in [-0.4, -0.2) is 38.8 Å². The minimum atomic E-state index is -0.426. The average molecular weight is 435 g/mol. The Kier molecular flexibility index (Phi) is 7.65. The van der Waals surface area contributed by atoms with E-state index in [-0.39, 0.29) is 11.9 Å². The molecule has 32 heavy (non-hydrogen) atoms. The summed E-state index contributed by atoms with van der Waals surface area (Å²) < 4.78 is 18.7. The second kappa shape index (κ2) is 10.6. The summed E-state index contributed by atoms with van der Waals surface area (Å²) in [5.41, 5.74) is 3.14. The number of likely N-dealkylation sites (N-methyl/N-ethyl adjacent to an activating group) is 1. The second-order valence-corrected chi connectivity index (χ2v) is 7.59. The fourth-order valence-corrected chi connectivity index (χ4v) is 3.31. The highest BCUT2D eigenvalue weighted by molar-refractivity contribution is 6.00.